The Morgan fingerprint density at radius 2 is 2.14 bits per heavy atom. The molecule has 7 nitrogen and oxygen atoms in total. The highest BCUT2D eigenvalue weighted by molar-refractivity contribution is 6.74. The van der Waals surface area contributed by atoms with Gasteiger partial charge >= 0.3 is 6.03 Å². The van der Waals surface area contributed by atoms with Gasteiger partial charge < -0.3 is 9.33 Å². The second-order valence-corrected chi connectivity index (χ2v) is 13.7. The number of amides is 2. The van der Waals surface area contributed by atoms with Crippen LogP contribution in [0.2, 0.25) is 18.1 Å². The number of fused-ring (bicyclic) bond motifs is 2. The molecular weight excluding hydrogens is 372 g/mol. The Morgan fingerprint density at radius 1 is 1.39 bits per heavy atom. The van der Waals surface area contributed by atoms with E-state index in [0.29, 0.717) is 26.3 Å². The first-order chi connectivity index (χ1) is 13.1. The Hall–Kier alpha value is -1.90. The third kappa shape index (κ3) is 4.08. The van der Waals surface area contributed by atoms with E-state index < -0.39 is 8.32 Å². The molecule has 0 aromatic carbocycles. The van der Waals surface area contributed by atoms with E-state index >= 15 is 0 Å². The van der Waals surface area contributed by atoms with Gasteiger partial charge in [0.1, 0.15) is 0 Å². The van der Waals surface area contributed by atoms with Gasteiger partial charge in [-0.05, 0) is 30.3 Å². The van der Waals surface area contributed by atoms with Crippen molar-refractivity contribution in [2.75, 3.05) is 26.3 Å². The van der Waals surface area contributed by atoms with E-state index in [4.69, 9.17) is 9.26 Å². The van der Waals surface area contributed by atoms with Crippen LogP contribution in [0.3, 0.4) is 0 Å². The number of hydroxylamine groups is 2. The SMILES string of the molecule is C=CCON1C(=O)N2CC(n3nccc3CCO[Si](C)(C)C(C)(C)C)=CC1C2. The number of carbonyl (C=O) groups is 1. The summed E-state index contributed by atoms with van der Waals surface area (Å²) >= 11 is 0. The lowest BCUT2D eigenvalue weighted by atomic mass is 10.2. The van der Waals surface area contributed by atoms with Crippen LogP contribution in [0.1, 0.15) is 26.5 Å². The fraction of sp³-hybridized carbons (Fsp3) is 0.600. The van der Waals surface area contributed by atoms with Crippen molar-refractivity contribution in [1.82, 2.24) is 19.7 Å². The predicted molar refractivity (Wildman–Crippen MR) is 112 cm³/mol. The third-order valence-electron chi connectivity index (χ3n) is 5.86. The number of hydrogen-bond acceptors (Lipinski definition) is 4. The Kier molecular flexibility index (Phi) is 5.83. The van der Waals surface area contributed by atoms with Crippen molar-refractivity contribution >= 4 is 20.0 Å². The molecule has 0 radical (unpaired) electrons. The molecule has 0 spiro atoms. The molecule has 28 heavy (non-hydrogen) atoms. The van der Waals surface area contributed by atoms with E-state index in [2.05, 4.69) is 51.6 Å². The smallest absolute Gasteiger partial charge is 0.345 e. The molecule has 0 aliphatic carbocycles. The summed E-state index contributed by atoms with van der Waals surface area (Å²) in [4.78, 5) is 19.8. The number of hydrogen-bond donors (Lipinski definition) is 0. The van der Waals surface area contributed by atoms with Crippen molar-refractivity contribution in [2.24, 2.45) is 0 Å². The summed E-state index contributed by atoms with van der Waals surface area (Å²) in [5.74, 6) is 0. The number of nitrogens with zero attached hydrogens (tertiary/aromatic N) is 4. The molecule has 1 atom stereocenters. The first-order valence-corrected chi connectivity index (χ1v) is 12.7. The van der Waals surface area contributed by atoms with E-state index in [1.165, 1.54) is 5.06 Å². The Bertz CT molecular complexity index is 766. The topological polar surface area (TPSA) is 59.8 Å². The fourth-order valence-corrected chi connectivity index (χ4v) is 4.26. The molecule has 0 saturated carbocycles. The van der Waals surface area contributed by atoms with Gasteiger partial charge in [-0.15, -0.1) is 6.58 Å². The first kappa shape index (κ1) is 20.8. The van der Waals surface area contributed by atoms with E-state index in [-0.39, 0.29) is 17.1 Å². The van der Waals surface area contributed by atoms with Crippen molar-refractivity contribution in [3.8, 4) is 0 Å². The van der Waals surface area contributed by atoms with Gasteiger partial charge in [-0.1, -0.05) is 26.8 Å². The lowest BCUT2D eigenvalue weighted by Gasteiger charge is -2.36. The van der Waals surface area contributed by atoms with Crippen LogP contribution >= 0.6 is 0 Å². The molecule has 2 amide bonds. The molecule has 3 heterocycles. The van der Waals surface area contributed by atoms with Crippen molar-refractivity contribution in [1.29, 1.82) is 0 Å². The average molecular weight is 405 g/mol. The van der Waals surface area contributed by atoms with Crippen LogP contribution in [-0.4, -0.2) is 66.4 Å². The van der Waals surface area contributed by atoms with Crippen molar-refractivity contribution in [3.63, 3.8) is 0 Å². The standard InChI is InChI=1S/C20H32N4O3Si/c1-7-11-26-24-18-13-17(14-22(15-18)19(24)25)23-16(8-10-21-23)9-12-27-28(5,6)20(2,3)4/h7-8,10,13,18H,1,9,11-12,14-15H2,2-6H3. The fourth-order valence-electron chi connectivity index (χ4n) is 3.21. The maximum atomic E-state index is 12.5. The van der Waals surface area contributed by atoms with Gasteiger partial charge in [0.2, 0.25) is 0 Å². The molecule has 1 fully saturated rings. The van der Waals surface area contributed by atoms with Gasteiger partial charge in [0.25, 0.3) is 0 Å². The summed E-state index contributed by atoms with van der Waals surface area (Å²) < 4.78 is 8.26. The number of carbonyl (C=O) groups excluding carboxylic acids is 1. The minimum Gasteiger partial charge on any atom is -0.416 e. The van der Waals surface area contributed by atoms with Gasteiger partial charge in [-0.2, -0.15) is 10.2 Å². The molecule has 1 saturated heterocycles. The second kappa shape index (κ2) is 7.85. The lowest BCUT2D eigenvalue weighted by molar-refractivity contribution is -0.107. The molecule has 2 aliphatic rings. The third-order valence-corrected chi connectivity index (χ3v) is 10.4. The van der Waals surface area contributed by atoms with Gasteiger partial charge in [-0.25, -0.2) is 9.48 Å². The Balaban J connectivity index is 1.69. The average Bonchev–Trinajstić information content (AvgIpc) is 3.16. The molecule has 2 aliphatic heterocycles. The number of aromatic nitrogens is 2. The maximum absolute atomic E-state index is 12.5. The van der Waals surface area contributed by atoms with E-state index in [0.717, 1.165) is 17.8 Å². The summed E-state index contributed by atoms with van der Waals surface area (Å²) in [6.45, 7) is 17.1. The van der Waals surface area contributed by atoms with Crippen LogP contribution in [0.5, 0.6) is 0 Å². The summed E-state index contributed by atoms with van der Waals surface area (Å²) in [5, 5.41) is 6.14. The lowest BCUT2D eigenvalue weighted by Crippen LogP contribution is -2.41. The molecule has 0 N–H and O–H groups in total. The highest BCUT2D eigenvalue weighted by Gasteiger charge is 2.41. The number of urea groups is 1. The maximum Gasteiger partial charge on any atom is 0.345 e. The van der Waals surface area contributed by atoms with Crippen molar-refractivity contribution in [2.45, 2.75) is 51.4 Å². The normalized spacial score (nSPS) is 20.0. The summed E-state index contributed by atoms with van der Waals surface area (Å²) in [5.41, 5.74) is 2.10. The zero-order chi connectivity index (χ0) is 20.5. The van der Waals surface area contributed by atoms with Gasteiger partial charge in [0, 0.05) is 31.5 Å². The Morgan fingerprint density at radius 3 is 2.82 bits per heavy atom. The van der Waals surface area contributed by atoms with Crippen LogP contribution in [0.4, 0.5) is 4.79 Å². The molecular formula is C20H32N4O3Si. The Labute approximate surface area is 168 Å². The molecule has 1 unspecified atom stereocenters. The molecule has 3 rings (SSSR count). The van der Waals surface area contributed by atoms with Crippen molar-refractivity contribution < 1.29 is 14.1 Å². The van der Waals surface area contributed by atoms with Crippen LogP contribution < -0.4 is 0 Å². The molecule has 2 bridgehead atoms. The number of rotatable bonds is 8. The zero-order valence-electron chi connectivity index (χ0n) is 17.6. The van der Waals surface area contributed by atoms with Crippen LogP contribution in [0, 0.1) is 0 Å². The van der Waals surface area contributed by atoms with Gasteiger partial charge in [-0.3, -0.25) is 4.84 Å². The zero-order valence-corrected chi connectivity index (χ0v) is 18.6. The highest BCUT2D eigenvalue weighted by atomic mass is 28.4. The largest absolute Gasteiger partial charge is 0.416 e. The van der Waals surface area contributed by atoms with Crippen LogP contribution in [0.25, 0.3) is 5.70 Å². The molecule has 1 aromatic rings. The first-order valence-electron chi connectivity index (χ1n) is 9.84. The summed E-state index contributed by atoms with van der Waals surface area (Å²) in [6, 6.07) is 1.82. The molecule has 8 heteroatoms. The predicted octanol–water partition coefficient (Wildman–Crippen LogP) is 3.53. The van der Waals surface area contributed by atoms with Crippen LogP contribution in [-0.2, 0) is 15.7 Å². The van der Waals surface area contributed by atoms with E-state index in [1.54, 1.807) is 11.0 Å². The molecule has 1 aromatic heterocycles. The quantitative estimate of drug-likeness (QED) is 0.491. The van der Waals surface area contributed by atoms with Crippen molar-refractivity contribution in [3.05, 3.63) is 36.7 Å². The monoisotopic (exact) mass is 404 g/mol. The van der Waals surface area contributed by atoms with E-state index in [1.807, 2.05) is 16.9 Å². The second-order valence-electron chi connectivity index (χ2n) is 8.89. The van der Waals surface area contributed by atoms with E-state index in [9.17, 15) is 4.79 Å². The molecule has 154 valence electrons. The summed E-state index contributed by atoms with van der Waals surface area (Å²) in [6.07, 6.45) is 6.32. The minimum atomic E-state index is -1.77. The van der Waals surface area contributed by atoms with Crippen LogP contribution in [0.15, 0.2) is 31.0 Å². The summed E-state index contributed by atoms with van der Waals surface area (Å²) in [7, 11) is -1.77. The highest BCUT2D eigenvalue weighted by Crippen LogP contribution is 2.36. The minimum absolute atomic E-state index is 0.100. The van der Waals surface area contributed by atoms with Gasteiger partial charge in [0.05, 0.1) is 24.9 Å². The van der Waals surface area contributed by atoms with Gasteiger partial charge in [0.15, 0.2) is 8.32 Å².